The normalized spacial score (nSPS) is 11.2. The molecule has 0 spiro atoms. The molecular formula is C24H24FNO5S. The second-order valence-corrected chi connectivity index (χ2v) is 9.04. The third-order valence-electron chi connectivity index (χ3n) is 4.92. The van der Waals surface area contributed by atoms with E-state index < -0.39 is 16.0 Å². The van der Waals surface area contributed by atoms with Crippen molar-refractivity contribution < 1.29 is 27.1 Å². The van der Waals surface area contributed by atoms with Crippen molar-refractivity contribution in [3.05, 3.63) is 88.7 Å². The van der Waals surface area contributed by atoms with E-state index in [0.29, 0.717) is 29.0 Å². The van der Waals surface area contributed by atoms with E-state index >= 15 is 0 Å². The van der Waals surface area contributed by atoms with Gasteiger partial charge in [-0.05, 0) is 79.4 Å². The molecule has 0 atom stereocenters. The third kappa shape index (κ3) is 5.72. The van der Waals surface area contributed by atoms with E-state index in [0.717, 1.165) is 5.56 Å². The van der Waals surface area contributed by atoms with Crippen LogP contribution in [0.25, 0.3) is 0 Å². The summed E-state index contributed by atoms with van der Waals surface area (Å²) in [7, 11) is -2.53. The molecule has 168 valence electrons. The van der Waals surface area contributed by atoms with E-state index in [1.807, 2.05) is 12.1 Å². The average molecular weight is 458 g/mol. The Balaban J connectivity index is 1.60. The zero-order chi connectivity index (χ0) is 23.3. The highest BCUT2D eigenvalue weighted by Crippen LogP contribution is 2.24. The van der Waals surface area contributed by atoms with Gasteiger partial charge in [-0.3, -0.25) is 0 Å². The lowest BCUT2D eigenvalue weighted by molar-refractivity contribution is 0.0599. The summed E-state index contributed by atoms with van der Waals surface area (Å²) < 4.78 is 51.5. The number of rotatable bonds is 8. The number of hydrogen-bond donors (Lipinski definition) is 1. The smallest absolute Gasteiger partial charge is 0.338 e. The lowest BCUT2D eigenvalue weighted by Gasteiger charge is -2.10. The Hall–Kier alpha value is -3.23. The number of aryl methyl sites for hydroxylation is 2. The molecule has 8 heteroatoms. The number of esters is 1. The summed E-state index contributed by atoms with van der Waals surface area (Å²) in [6.07, 6.45) is 0.463. The van der Waals surface area contributed by atoms with Crippen LogP contribution in [0.3, 0.4) is 0 Å². The SMILES string of the molecule is COC(=O)c1cc(S(=O)(=O)NCCc2ccc(Oc3ccc(F)c(C)c3)cc2)ccc1C. The first-order valence-corrected chi connectivity index (χ1v) is 11.4. The van der Waals surface area contributed by atoms with Crippen molar-refractivity contribution in [2.75, 3.05) is 13.7 Å². The van der Waals surface area contributed by atoms with Crippen molar-refractivity contribution in [2.24, 2.45) is 0 Å². The summed E-state index contributed by atoms with van der Waals surface area (Å²) in [6, 6.07) is 16.1. The molecule has 0 aliphatic carbocycles. The second-order valence-electron chi connectivity index (χ2n) is 7.27. The lowest BCUT2D eigenvalue weighted by Crippen LogP contribution is -2.26. The Morgan fingerprint density at radius 2 is 1.62 bits per heavy atom. The Bertz CT molecular complexity index is 1220. The first kappa shape index (κ1) is 23.4. The van der Waals surface area contributed by atoms with Gasteiger partial charge in [0.1, 0.15) is 17.3 Å². The second kappa shape index (κ2) is 9.93. The van der Waals surface area contributed by atoms with Gasteiger partial charge in [-0.25, -0.2) is 22.3 Å². The van der Waals surface area contributed by atoms with Crippen molar-refractivity contribution >= 4 is 16.0 Å². The number of ether oxygens (including phenoxy) is 2. The fraction of sp³-hybridized carbons (Fsp3) is 0.208. The molecule has 0 aliphatic rings. The van der Waals surface area contributed by atoms with Crippen LogP contribution in [0, 0.1) is 19.7 Å². The van der Waals surface area contributed by atoms with Gasteiger partial charge in [0, 0.05) is 6.54 Å². The summed E-state index contributed by atoms with van der Waals surface area (Å²) in [6.45, 7) is 3.56. The quantitative estimate of drug-likeness (QED) is 0.502. The minimum Gasteiger partial charge on any atom is -0.465 e. The van der Waals surface area contributed by atoms with Crippen molar-refractivity contribution in [1.82, 2.24) is 4.72 Å². The van der Waals surface area contributed by atoms with Crippen LogP contribution in [0.5, 0.6) is 11.5 Å². The van der Waals surface area contributed by atoms with Crippen molar-refractivity contribution in [1.29, 1.82) is 0 Å². The number of carbonyl (C=O) groups excluding carboxylic acids is 1. The minimum absolute atomic E-state index is 0.00170. The van der Waals surface area contributed by atoms with E-state index in [1.54, 1.807) is 44.2 Å². The van der Waals surface area contributed by atoms with Crippen LogP contribution in [-0.4, -0.2) is 28.0 Å². The number of benzene rings is 3. The van der Waals surface area contributed by atoms with Gasteiger partial charge in [-0.1, -0.05) is 18.2 Å². The maximum Gasteiger partial charge on any atom is 0.338 e. The number of carbonyl (C=O) groups is 1. The molecule has 3 rings (SSSR count). The number of nitrogens with one attached hydrogen (secondary N) is 1. The van der Waals surface area contributed by atoms with Crippen LogP contribution in [0.2, 0.25) is 0 Å². The van der Waals surface area contributed by atoms with Gasteiger partial charge in [-0.15, -0.1) is 0 Å². The molecule has 0 fully saturated rings. The molecular weight excluding hydrogens is 433 g/mol. The van der Waals surface area contributed by atoms with Crippen LogP contribution in [0.1, 0.15) is 27.0 Å². The van der Waals surface area contributed by atoms with Gasteiger partial charge in [-0.2, -0.15) is 0 Å². The number of methoxy groups -OCH3 is 1. The van der Waals surface area contributed by atoms with E-state index in [9.17, 15) is 17.6 Å². The number of sulfonamides is 1. The first-order chi connectivity index (χ1) is 15.2. The Morgan fingerprint density at radius 1 is 0.938 bits per heavy atom. The Morgan fingerprint density at radius 3 is 2.28 bits per heavy atom. The zero-order valence-electron chi connectivity index (χ0n) is 18.0. The molecule has 0 bridgehead atoms. The van der Waals surface area contributed by atoms with Gasteiger partial charge in [0.15, 0.2) is 0 Å². The van der Waals surface area contributed by atoms with Gasteiger partial charge in [0.2, 0.25) is 10.0 Å². The third-order valence-corrected chi connectivity index (χ3v) is 6.38. The highest BCUT2D eigenvalue weighted by molar-refractivity contribution is 7.89. The molecule has 0 saturated carbocycles. The van der Waals surface area contributed by atoms with Crippen LogP contribution >= 0.6 is 0 Å². The van der Waals surface area contributed by atoms with Crippen LogP contribution < -0.4 is 9.46 Å². The van der Waals surface area contributed by atoms with Crippen molar-refractivity contribution in [2.45, 2.75) is 25.2 Å². The summed E-state index contributed by atoms with van der Waals surface area (Å²) in [5.41, 5.74) is 2.25. The molecule has 32 heavy (non-hydrogen) atoms. The molecule has 3 aromatic rings. The molecule has 1 N–H and O–H groups in total. The molecule has 3 aromatic carbocycles. The largest absolute Gasteiger partial charge is 0.465 e. The fourth-order valence-electron chi connectivity index (χ4n) is 3.05. The summed E-state index contributed by atoms with van der Waals surface area (Å²) in [5, 5.41) is 0. The van der Waals surface area contributed by atoms with Gasteiger partial charge >= 0.3 is 5.97 Å². The van der Waals surface area contributed by atoms with Crippen LogP contribution in [-0.2, 0) is 21.2 Å². The highest BCUT2D eigenvalue weighted by atomic mass is 32.2. The molecule has 0 amide bonds. The van der Waals surface area contributed by atoms with Crippen molar-refractivity contribution in [3.63, 3.8) is 0 Å². The van der Waals surface area contributed by atoms with Gasteiger partial charge in [0.05, 0.1) is 17.6 Å². The Kier molecular flexibility index (Phi) is 7.27. The van der Waals surface area contributed by atoms with E-state index in [2.05, 4.69) is 4.72 Å². The van der Waals surface area contributed by atoms with Crippen LogP contribution in [0.4, 0.5) is 4.39 Å². The molecule has 6 nitrogen and oxygen atoms in total. The first-order valence-electron chi connectivity index (χ1n) is 9.91. The summed E-state index contributed by atoms with van der Waals surface area (Å²) >= 11 is 0. The summed E-state index contributed by atoms with van der Waals surface area (Å²) in [4.78, 5) is 11.8. The maximum absolute atomic E-state index is 13.4. The van der Waals surface area contributed by atoms with E-state index in [1.165, 1.54) is 25.3 Å². The predicted octanol–water partition coefficient (Wildman–Crippen LogP) is 4.54. The van der Waals surface area contributed by atoms with Gasteiger partial charge in [0.25, 0.3) is 0 Å². The molecule has 0 aromatic heterocycles. The maximum atomic E-state index is 13.4. The molecule has 0 aliphatic heterocycles. The Labute approximate surface area is 187 Å². The minimum atomic E-state index is -3.78. The predicted molar refractivity (Wildman–Crippen MR) is 119 cm³/mol. The molecule has 0 saturated heterocycles. The highest BCUT2D eigenvalue weighted by Gasteiger charge is 2.18. The number of hydrogen-bond acceptors (Lipinski definition) is 5. The van der Waals surface area contributed by atoms with E-state index in [4.69, 9.17) is 9.47 Å². The summed E-state index contributed by atoms with van der Waals surface area (Å²) in [5.74, 6) is 0.254. The van der Waals surface area contributed by atoms with Crippen LogP contribution in [0.15, 0.2) is 65.6 Å². The number of halogens is 1. The fourth-order valence-corrected chi connectivity index (χ4v) is 4.11. The average Bonchev–Trinajstić information content (AvgIpc) is 2.77. The van der Waals surface area contributed by atoms with Crippen molar-refractivity contribution in [3.8, 4) is 11.5 Å². The van der Waals surface area contributed by atoms with E-state index in [-0.39, 0.29) is 22.8 Å². The topological polar surface area (TPSA) is 81.7 Å². The van der Waals surface area contributed by atoms with Gasteiger partial charge < -0.3 is 9.47 Å². The molecule has 0 radical (unpaired) electrons. The standard InChI is InChI=1S/C24H24FNO5S/c1-16-4-10-21(15-22(16)24(27)30-3)32(28,29)26-13-12-18-5-7-19(8-6-18)31-20-9-11-23(25)17(2)14-20/h4-11,14-15,26H,12-13H2,1-3H3. The molecule has 0 unspecified atom stereocenters. The molecule has 0 heterocycles. The zero-order valence-corrected chi connectivity index (χ0v) is 18.8. The monoisotopic (exact) mass is 457 g/mol. The lowest BCUT2D eigenvalue weighted by atomic mass is 10.1.